The standard InChI is InChI=1S/C14H21N3O4/c1-3-12-15-5-11(21-12)6-16-14(20)17-7-9(2)4-10(8-17)13(18)19/h5,9-10H,3-4,6-8H2,1-2H3,(H,16,20)(H,18,19). The molecule has 0 saturated carbocycles. The number of carboxylic acids is 1. The zero-order valence-electron chi connectivity index (χ0n) is 12.3. The molecule has 2 N–H and O–H groups in total. The molecule has 2 atom stereocenters. The van der Waals surface area contributed by atoms with Crippen LogP contribution in [0, 0.1) is 11.8 Å². The fourth-order valence-electron chi connectivity index (χ4n) is 2.56. The van der Waals surface area contributed by atoms with Gasteiger partial charge in [0, 0.05) is 19.5 Å². The number of carbonyl (C=O) groups is 2. The summed E-state index contributed by atoms with van der Waals surface area (Å²) in [5.41, 5.74) is 0. The third-order valence-corrected chi connectivity index (χ3v) is 3.61. The maximum absolute atomic E-state index is 12.1. The molecule has 116 valence electrons. The van der Waals surface area contributed by atoms with Crippen molar-refractivity contribution < 1.29 is 19.1 Å². The molecule has 2 unspecified atom stereocenters. The van der Waals surface area contributed by atoms with Gasteiger partial charge in [0.1, 0.15) is 5.76 Å². The third-order valence-electron chi connectivity index (χ3n) is 3.61. The minimum absolute atomic E-state index is 0.183. The van der Waals surface area contributed by atoms with Gasteiger partial charge in [-0.2, -0.15) is 0 Å². The van der Waals surface area contributed by atoms with Crippen LogP contribution >= 0.6 is 0 Å². The highest BCUT2D eigenvalue weighted by molar-refractivity contribution is 5.76. The van der Waals surface area contributed by atoms with Crippen molar-refractivity contribution in [1.82, 2.24) is 15.2 Å². The number of carbonyl (C=O) groups excluding carboxylic acids is 1. The topological polar surface area (TPSA) is 95.7 Å². The molecular weight excluding hydrogens is 274 g/mol. The Balaban J connectivity index is 1.88. The van der Waals surface area contributed by atoms with Gasteiger partial charge in [-0.3, -0.25) is 4.79 Å². The average molecular weight is 295 g/mol. The van der Waals surface area contributed by atoms with E-state index in [1.165, 1.54) is 0 Å². The van der Waals surface area contributed by atoms with Gasteiger partial charge in [0.2, 0.25) is 0 Å². The average Bonchev–Trinajstić information content (AvgIpc) is 2.92. The number of carboxylic acid groups (broad SMARTS) is 1. The lowest BCUT2D eigenvalue weighted by Crippen LogP contribution is -2.49. The molecule has 1 aliphatic rings. The second kappa shape index (κ2) is 6.60. The number of amides is 2. The monoisotopic (exact) mass is 295 g/mol. The van der Waals surface area contributed by atoms with Crippen molar-refractivity contribution in [3.05, 3.63) is 17.8 Å². The van der Waals surface area contributed by atoms with Gasteiger partial charge in [-0.1, -0.05) is 13.8 Å². The molecule has 2 amide bonds. The summed E-state index contributed by atoms with van der Waals surface area (Å²) in [4.78, 5) is 28.8. The molecule has 1 aromatic rings. The lowest BCUT2D eigenvalue weighted by atomic mass is 9.91. The number of nitrogens with one attached hydrogen (secondary N) is 1. The number of aryl methyl sites for hydroxylation is 1. The molecule has 21 heavy (non-hydrogen) atoms. The summed E-state index contributed by atoms with van der Waals surface area (Å²) >= 11 is 0. The minimum atomic E-state index is -0.845. The zero-order chi connectivity index (χ0) is 15.4. The Morgan fingerprint density at radius 2 is 2.29 bits per heavy atom. The van der Waals surface area contributed by atoms with Crippen molar-refractivity contribution in [1.29, 1.82) is 0 Å². The molecule has 0 aromatic carbocycles. The van der Waals surface area contributed by atoms with Crippen LogP contribution in [0.2, 0.25) is 0 Å². The number of piperidine rings is 1. The molecule has 0 radical (unpaired) electrons. The first-order valence-corrected chi connectivity index (χ1v) is 7.18. The van der Waals surface area contributed by atoms with Gasteiger partial charge in [0.15, 0.2) is 5.89 Å². The Morgan fingerprint density at radius 1 is 1.52 bits per heavy atom. The van der Waals surface area contributed by atoms with E-state index in [0.29, 0.717) is 31.0 Å². The second-order valence-electron chi connectivity index (χ2n) is 5.51. The van der Waals surface area contributed by atoms with Crippen molar-refractivity contribution >= 4 is 12.0 Å². The first-order chi connectivity index (χ1) is 9.99. The highest BCUT2D eigenvalue weighted by Crippen LogP contribution is 2.21. The number of urea groups is 1. The van der Waals surface area contributed by atoms with Crippen molar-refractivity contribution in [2.24, 2.45) is 11.8 Å². The molecule has 2 heterocycles. The van der Waals surface area contributed by atoms with Crippen LogP contribution in [0.25, 0.3) is 0 Å². The molecule has 7 heteroatoms. The van der Waals surface area contributed by atoms with E-state index in [9.17, 15) is 9.59 Å². The van der Waals surface area contributed by atoms with Crippen LogP contribution in [-0.2, 0) is 17.8 Å². The largest absolute Gasteiger partial charge is 0.481 e. The van der Waals surface area contributed by atoms with Crippen LogP contribution in [-0.4, -0.2) is 40.1 Å². The number of nitrogens with zero attached hydrogens (tertiary/aromatic N) is 2. The Hall–Kier alpha value is -2.05. The molecule has 1 aromatic heterocycles. The van der Waals surface area contributed by atoms with E-state index in [1.54, 1.807) is 11.1 Å². The van der Waals surface area contributed by atoms with Gasteiger partial charge in [-0.05, 0) is 12.3 Å². The predicted octanol–water partition coefficient (Wildman–Crippen LogP) is 1.49. The van der Waals surface area contributed by atoms with Crippen molar-refractivity contribution in [2.75, 3.05) is 13.1 Å². The van der Waals surface area contributed by atoms with Crippen LogP contribution in [0.15, 0.2) is 10.6 Å². The number of aliphatic carboxylic acids is 1. The quantitative estimate of drug-likeness (QED) is 0.877. The normalized spacial score (nSPS) is 22.1. The fourth-order valence-corrected chi connectivity index (χ4v) is 2.56. The maximum atomic E-state index is 12.1. The summed E-state index contributed by atoms with van der Waals surface area (Å²) in [5.74, 6) is 0.0815. The first kappa shape index (κ1) is 15.3. The highest BCUT2D eigenvalue weighted by Gasteiger charge is 2.31. The van der Waals surface area contributed by atoms with Gasteiger partial charge in [0.25, 0.3) is 0 Å². The number of hydrogen-bond acceptors (Lipinski definition) is 4. The minimum Gasteiger partial charge on any atom is -0.481 e. The Labute approximate surface area is 123 Å². The van der Waals surface area contributed by atoms with Gasteiger partial charge < -0.3 is 19.7 Å². The Kier molecular flexibility index (Phi) is 4.82. The number of oxazole rings is 1. The Bertz CT molecular complexity index is 514. The summed E-state index contributed by atoms with van der Waals surface area (Å²) in [5, 5.41) is 11.9. The second-order valence-corrected chi connectivity index (χ2v) is 5.51. The Morgan fingerprint density at radius 3 is 2.90 bits per heavy atom. The summed E-state index contributed by atoms with van der Waals surface area (Å²) in [6.07, 6.45) is 2.91. The lowest BCUT2D eigenvalue weighted by Gasteiger charge is -2.34. The predicted molar refractivity (Wildman–Crippen MR) is 74.6 cm³/mol. The van der Waals surface area contributed by atoms with E-state index in [2.05, 4.69) is 10.3 Å². The van der Waals surface area contributed by atoms with E-state index < -0.39 is 11.9 Å². The SMILES string of the molecule is CCc1ncc(CNC(=O)N2CC(C)CC(C(=O)O)C2)o1. The summed E-state index contributed by atoms with van der Waals surface area (Å²) in [7, 11) is 0. The molecule has 1 saturated heterocycles. The first-order valence-electron chi connectivity index (χ1n) is 7.18. The number of aromatic nitrogens is 1. The molecule has 1 fully saturated rings. The summed E-state index contributed by atoms with van der Waals surface area (Å²) in [6, 6.07) is -0.262. The molecule has 7 nitrogen and oxygen atoms in total. The lowest BCUT2D eigenvalue weighted by molar-refractivity contribution is -0.143. The van der Waals surface area contributed by atoms with E-state index >= 15 is 0 Å². The molecular formula is C14H21N3O4. The zero-order valence-corrected chi connectivity index (χ0v) is 12.3. The number of rotatable bonds is 4. The van der Waals surface area contributed by atoms with Gasteiger partial charge >= 0.3 is 12.0 Å². The van der Waals surface area contributed by atoms with Gasteiger partial charge in [-0.25, -0.2) is 9.78 Å². The van der Waals surface area contributed by atoms with Gasteiger partial charge in [0.05, 0.1) is 18.7 Å². The molecule has 0 bridgehead atoms. The smallest absolute Gasteiger partial charge is 0.317 e. The van der Waals surface area contributed by atoms with Crippen LogP contribution < -0.4 is 5.32 Å². The van der Waals surface area contributed by atoms with E-state index in [4.69, 9.17) is 9.52 Å². The van der Waals surface area contributed by atoms with Crippen LogP contribution in [0.3, 0.4) is 0 Å². The summed E-state index contributed by atoms with van der Waals surface area (Å²) in [6.45, 7) is 4.98. The summed E-state index contributed by atoms with van der Waals surface area (Å²) < 4.78 is 5.41. The van der Waals surface area contributed by atoms with Crippen molar-refractivity contribution in [3.63, 3.8) is 0 Å². The number of hydrogen-bond donors (Lipinski definition) is 2. The van der Waals surface area contributed by atoms with E-state index in [0.717, 1.165) is 0 Å². The molecule has 0 spiro atoms. The van der Waals surface area contributed by atoms with E-state index in [-0.39, 0.29) is 25.0 Å². The van der Waals surface area contributed by atoms with Crippen LogP contribution in [0.1, 0.15) is 31.9 Å². The highest BCUT2D eigenvalue weighted by atomic mass is 16.4. The fraction of sp³-hybridized carbons (Fsp3) is 0.643. The van der Waals surface area contributed by atoms with Crippen LogP contribution in [0.4, 0.5) is 4.79 Å². The maximum Gasteiger partial charge on any atom is 0.317 e. The number of likely N-dealkylation sites (tertiary alicyclic amines) is 1. The van der Waals surface area contributed by atoms with Crippen molar-refractivity contribution in [3.8, 4) is 0 Å². The molecule has 0 aliphatic carbocycles. The molecule has 2 rings (SSSR count). The van der Waals surface area contributed by atoms with Gasteiger partial charge in [-0.15, -0.1) is 0 Å². The molecule has 1 aliphatic heterocycles. The van der Waals surface area contributed by atoms with E-state index in [1.807, 2.05) is 13.8 Å². The van der Waals surface area contributed by atoms with Crippen LogP contribution in [0.5, 0.6) is 0 Å². The third kappa shape index (κ3) is 3.96. The van der Waals surface area contributed by atoms with Crippen molar-refractivity contribution in [2.45, 2.75) is 33.2 Å².